The van der Waals surface area contributed by atoms with Gasteiger partial charge in [0, 0.05) is 18.7 Å². The van der Waals surface area contributed by atoms with Gasteiger partial charge in [-0.1, -0.05) is 18.2 Å². The smallest absolute Gasteiger partial charge is 0.253 e. The van der Waals surface area contributed by atoms with Crippen LogP contribution < -0.4 is 14.2 Å². The van der Waals surface area contributed by atoms with Crippen LogP contribution in [0.4, 0.5) is 0 Å². The van der Waals surface area contributed by atoms with Crippen molar-refractivity contribution in [2.45, 2.75) is 13.3 Å². The molecule has 0 unspecified atom stereocenters. The van der Waals surface area contributed by atoms with Crippen LogP contribution in [0.15, 0.2) is 48.5 Å². The number of nitrogens with zero attached hydrogens (tertiary/aromatic N) is 1. The molecule has 0 N–H and O–H groups in total. The summed E-state index contributed by atoms with van der Waals surface area (Å²) >= 11 is 0. The Morgan fingerprint density at radius 2 is 1.72 bits per heavy atom. The van der Waals surface area contributed by atoms with E-state index >= 15 is 0 Å². The molecule has 1 heterocycles. The van der Waals surface area contributed by atoms with Gasteiger partial charge in [-0.05, 0) is 43.7 Å². The van der Waals surface area contributed by atoms with Crippen molar-refractivity contribution < 1.29 is 19.0 Å². The Hall–Kier alpha value is -2.69. The second-order valence-corrected chi connectivity index (χ2v) is 5.75. The van der Waals surface area contributed by atoms with Gasteiger partial charge in [0.05, 0.1) is 6.61 Å². The van der Waals surface area contributed by atoms with Gasteiger partial charge < -0.3 is 19.1 Å². The summed E-state index contributed by atoms with van der Waals surface area (Å²) in [5.41, 5.74) is 0.635. The van der Waals surface area contributed by atoms with Crippen LogP contribution in [-0.2, 0) is 0 Å². The minimum atomic E-state index is 0.0474. The van der Waals surface area contributed by atoms with Crippen LogP contribution in [0.3, 0.4) is 0 Å². The van der Waals surface area contributed by atoms with Gasteiger partial charge in [-0.3, -0.25) is 4.79 Å². The van der Waals surface area contributed by atoms with Crippen LogP contribution >= 0.6 is 0 Å². The number of rotatable bonds is 8. The van der Waals surface area contributed by atoms with E-state index in [-0.39, 0.29) is 5.91 Å². The molecule has 1 aliphatic rings. The highest BCUT2D eigenvalue weighted by molar-refractivity contribution is 5.95. The van der Waals surface area contributed by atoms with Gasteiger partial charge in [0.15, 0.2) is 11.5 Å². The van der Waals surface area contributed by atoms with E-state index in [0.717, 1.165) is 25.3 Å². The highest BCUT2D eigenvalue weighted by Gasteiger charge is 2.22. The molecule has 132 valence electrons. The molecule has 0 bridgehead atoms. The van der Waals surface area contributed by atoms with E-state index in [1.54, 1.807) is 18.2 Å². The largest absolute Gasteiger partial charge is 0.490 e. The molecule has 2 aromatic rings. The molecule has 5 heteroatoms. The van der Waals surface area contributed by atoms with Crippen LogP contribution in [0.5, 0.6) is 17.2 Å². The Morgan fingerprint density at radius 3 is 2.40 bits per heavy atom. The molecule has 0 aliphatic carbocycles. The maximum atomic E-state index is 12.3. The Bertz CT molecular complexity index is 698. The molecule has 1 fully saturated rings. The zero-order valence-corrected chi connectivity index (χ0v) is 14.4. The lowest BCUT2D eigenvalue weighted by atomic mass is 10.1. The quantitative estimate of drug-likeness (QED) is 0.691. The van der Waals surface area contributed by atoms with Gasteiger partial charge in [-0.2, -0.15) is 0 Å². The fourth-order valence-corrected chi connectivity index (χ4v) is 2.56. The molecule has 2 aromatic carbocycles. The van der Waals surface area contributed by atoms with E-state index in [0.29, 0.717) is 36.9 Å². The summed E-state index contributed by atoms with van der Waals surface area (Å²) in [4.78, 5) is 14.2. The Labute approximate surface area is 148 Å². The fourth-order valence-electron chi connectivity index (χ4n) is 2.56. The van der Waals surface area contributed by atoms with Crippen molar-refractivity contribution in [1.82, 2.24) is 4.90 Å². The van der Waals surface area contributed by atoms with Crippen LogP contribution in [-0.4, -0.2) is 43.7 Å². The first-order valence-electron chi connectivity index (χ1n) is 8.64. The number of amides is 1. The molecule has 1 amide bonds. The molecule has 25 heavy (non-hydrogen) atoms. The molecule has 0 spiro atoms. The molecule has 3 rings (SSSR count). The van der Waals surface area contributed by atoms with E-state index in [9.17, 15) is 4.79 Å². The maximum absolute atomic E-state index is 12.3. The first kappa shape index (κ1) is 17.1. The van der Waals surface area contributed by atoms with Crippen molar-refractivity contribution in [1.29, 1.82) is 0 Å². The van der Waals surface area contributed by atoms with Crippen LogP contribution in [0.25, 0.3) is 0 Å². The normalized spacial score (nSPS) is 13.1. The third-order valence-electron chi connectivity index (χ3n) is 3.99. The van der Waals surface area contributed by atoms with Gasteiger partial charge in [0.2, 0.25) is 0 Å². The molecule has 1 aliphatic heterocycles. The summed E-state index contributed by atoms with van der Waals surface area (Å²) in [5.74, 6) is 2.07. The van der Waals surface area contributed by atoms with Gasteiger partial charge in [-0.25, -0.2) is 0 Å². The predicted octanol–water partition coefficient (Wildman–Crippen LogP) is 3.39. The lowest BCUT2D eigenvalue weighted by Gasteiger charge is -2.31. The minimum Gasteiger partial charge on any atom is -0.490 e. The summed E-state index contributed by atoms with van der Waals surface area (Å²) in [6.07, 6.45) is 1.08. The number of hydrogen-bond acceptors (Lipinski definition) is 4. The molecule has 1 saturated heterocycles. The Kier molecular flexibility index (Phi) is 5.77. The number of benzene rings is 2. The fraction of sp³-hybridized carbons (Fsp3) is 0.350. The Morgan fingerprint density at radius 1 is 0.960 bits per heavy atom. The molecule has 0 atom stereocenters. The van der Waals surface area contributed by atoms with Gasteiger partial charge in [-0.15, -0.1) is 0 Å². The number of carbonyl (C=O) groups excluding carboxylic acids is 1. The summed E-state index contributed by atoms with van der Waals surface area (Å²) in [6, 6.07) is 15.0. The van der Waals surface area contributed by atoms with Crippen LogP contribution in [0, 0.1) is 0 Å². The zero-order valence-electron chi connectivity index (χ0n) is 14.4. The van der Waals surface area contributed by atoms with E-state index < -0.39 is 0 Å². The third-order valence-corrected chi connectivity index (χ3v) is 3.99. The lowest BCUT2D eigenvalue weighted by Crippen LogP contribution is -2.42. The lowest BCUT2D eigenvalue weighted by molar-refractivity contribution is 0.0651. The predicted molar refractivity (Wildman–Crippen MR) is 95.6 cm³/mol. The first-order valence-corrected chi connectivity index (χ1v) is 8.64. The van der Waals surface area contributed by atoms with Crippen molar-refractivity contribution >= 4 is 5.91 Å². The number of hydrogen-bond donors (Lipinski definition) is 0. The van der Waals surface area contributed by atoms with Crippen molar-refractivity contribution in [2.75, 3.05) is 32.9 Å². The van der Waals surface area contributed by atoms with E-state index in [4.69, 9.17) is 14.2 Å². The minimum absolute atomic E-state index is 0.0474. The van der Waals surface area contributed by atoms with Crippen molar-refractivity contribution in [3.05, 3.63) is 54.1 Å². The monoisotopic (exact) mass is 341 g/mol. The van der Waals surface area contributed by atoms with Gasteiger partial charge in [0.25, 0.3) is 5.91 Å². The topological polar surface area (TPSA) is 48.0 Å². The average molecular weight is 341 g/mol. The number of ether oxygens (including phenoxy) is 3. The molecule has 0 saturated carbocycles. The zero-order chi connectivity index (χ0) is 17.5. The molecule has 0 aromatic heterocycles. The van der Waals surface area contributed by atoms with Crippen molar-refractivity contribution in [3.8, 4) is 17.2 Å². The van der Waals surface area contributed by atoms with Crippen molar-refractivity contribution in [2.24, 2.45) is 0 Å². The summed E-state index contributed by atoms with van der Waals surface area (Å²) < 4.78 is 17.0. The van der Waals surface area contributed by atoms with Gasteiger partial charge in [0.1, 0.15) is 19.0 Å². The molecular formula is C20H23NO4. The number of para-hydroxylation sites is 1. The SMILES string of the molecule is CCOc1cc(C(=O)N2CCC2)ccc1OCCOc1ccccc1. The molecular weight excluding hydrogens is 318 g/mol. The molecule has 5 nitrogen and oxygen atoms in total. The highest BCUT2D eigenvalue weighted by atomic mass is 16.5. The van der Waals surface area contributed by atoms with E-state index in [2.05, 4.69) is 0 Å². The Balaban J connectivity index is 1.58. The van der Waals surface area contributed by atoms with Gasteiger partial charge >= 0.3 is 0 Å². The standard InChI is InChI=1S/C20H23NO4/c1-2-23-19-15-16(20(22)21-11-6-12-21)9-10-18(19)25-14-13-24-17-7-4-3-5-8-17/h3-5,7-10,15H,2,6,11-14H2,1H3. The summed E-state index contributed by atoms with van der Waals surface area (Å²) in [7, 11) is 0. The second-order valence-electron chi connectivity index (χ2n) is 5.75. The summed E-state index contributed by atoms with van der Waals surface area (Å²) in [6.45, 7) is 4.92. The van der Waals surface area contributed by atoms with Crippen molar-refractivity contribution in [3.63, 3.8) is 0 Å². The summed E-state index contributed by atoms with van der Waals surface area (Å²) in [5, 5.41) is 0. The number of likely N-dealkylation sites (tertiary alicyclic amines) is 1. The first-order chi connectivity index (χ1) is 12.3. The van der Waals surface area contributed by atoms with E-state index in [1.807, 2.05) is 42.2 Å². The average Bonchev–Trinajstić information content (AvgIpc) is 2.59. The maximum Gasteiger partial charge on any atom is 0.253 e. The number of carbonyl (C=O) groups is 1. The third kappa shape index (κ3) is 4.44. The van der Waals surface area contributed by atoms with E-state index in [1.165, 1.54) is 0 Å². The second kappa shape index (κ2) is 8.42. The van der Waals surface area contributed by atoms with Crippen LogP contribution in [0.1, 0.15) is 23.7 Å². The highest BCUT2D eigenvalue weighted by Crippen LogP contribution is 2.29. The molecule has 0 radical (unpaired) electrons. The van der Waals surface area contributed by atoms with Crippen LogP contribution in [0.2, 0.25) is 0 Å².